The first kappa shape index (κ1) is 24.4. The van der Waals surface area contributed by atoms with Crippen molar-refractivity contribution < 1.29 is 9.59 Å². The average molecular weight is 546 g/mol. The Balaban J connectivity index is 1.46. The molecule has 2 unspecified atom stereocenters. The third kappa shape index (κ3) is 5.21. The topological polar surface area (TPSA) is 82.0 Å². The van der Waals surface area contributed by atoms with Crippen LogP contribution in [-0.4, -0.2) is 22.2 Å². The second-order valence-corrected chi connectivity index (χ2v) is 11.1. The van der Waals surface area contributed by atoms with Gasteiger partial charge in [-0.25, -0.2) is 0 Å². The molecule has 0 aromatic heterocycles. The van der Waals surface area contributed by atoms with E-state index in [0.717, 1.165) is 12.8 Å². The van der Waals surface area contributed by atoms with Gasteiger partial charge in [0.05, 0.1) is 22.6 Å². The Bertz CT molecular complexity index is 1140. The number of nitrogens with zero attached hydrogens (tertiary/aromatic N) is 1. The molecule has 0 radical (unpaired) electrons. The Labute approximate surface area is 216 Å². The maximum Gasteiger partial charge on any atom is 0.253 e. The van der Waals surface area contributed by atoms with Crippen LogP contribution in [0.25, 0.3) is 0 Å². The quantitative estimate of drug-likeness (QED) is 0.416. The minimum atomic E-state index is -1.31. The SMILES string of the molecule is N#CC1CCC(NC(=O)c2cc(NC(=O)[C@H]3[C@H](c4cc(Cl)cc(Cl)c4)C3(Cl)Cl)ccc2Cl)C1. The largest absolute Gasteiger partial charge is 0.349 e. The zero-order valence-electron chi connectivity index (χ0n) is 17.0. The number of hydrogen-bond acceptors (Lipinski definition) is 3. The average Bonchev–Trinajstić information content (AvgIpc) is 3.07. The molecule has 4 atom stereocenters. The highest BCUT2D eigenvalue weighted by molar-refractivity contribution is 6.53. The molecule has 10 heteroatoms. The van der Waals surface area contributed by atoms with Gasteiger partial charge in [0.1, 0.15) is 4.33 Å². The Hall–Kier alpha value is -1.68. The fourth-order valence-corrected chi connectivity index (χ4v) is 5.89. The van der Waals surface area contributed by atoms with E-state index in [1.165, 1.54) is 12.1 Å². The molecule has 0 heterocycles. The Kier molecular flexibility index (Phi) is 7.05. The highest BCUT2D eigenvalue weighted by atomic mass is 35.5. The van der Waals surface area contributed by atoms with Gasteiger partial charge in [0.2, 0.25) is 5.91 Å². The molecule has 4 rings (SSSR count). The molecular formula is C23H18Cl5N3O2. The summed E-state index contributed by atoms with van der Waals surface area (Å²) in [6, 6.07) is 11.7. The first-order valence-corrected chi connectivity index (χ1v) is 12.1. The molecule has 2 aromatic rings. The standard InChI is InChI=1S/C23H18Cl5N3O2/c24-13-6-12(7-14(25)8-13)19-20(23(19,27)28)22(33)31-16-3-4-18(26)17(9-16)21(32)30-15-2-1-11(5-15)10-29/h3-4,6-9,11,15,19-20H,1-2,5H2,(H,30,32)(H,31,33)/t11?,15?,19-,20+/m0/s1. The second-order valence-electron chi connectivity index (χ2n) is 8.33. The van der Waals surface area contributed by atoms with Crippen LogP contribution in [0.3, 0.4) is 0 Å². The van der Waals surface area contributed by atoms with Gasteiger partial charge in [-0.05, 0) is 61.2 Å². The fraction of sp³-hybridized carbons (Fsp3) is 0.348. The minimum Gasteiger partial charge on any atom is -0.349 e. The first-order chi connectivity index (χ1) is 15.6. The van der Waals surface area contributed by atoms with E-state index in [4.69, 9.17) is 63.3 Å². The third-order valence-corrected chi connectivity index (χ3v) is 7.72. The van der Waals surface area contributed by atoms with Gasteiger partial charge >= 0.3 is 0 Å². The molecule has 2 aromatic carbocycles. The molecule has 5 nitrogen and oxygen atoms in total. The van der Waals surface area contributed by atoms with Gasteiger partial charge in [-0.15, -0.1) is 23.2 Å². The molecule has 0 saturated heterocycles. The molecule has 2 aliphatic rings. The fourth-order valence-electron chi connectivity index (χ4n) is 4.31. The number of anilines is 1. The van der Waals surface area contributed by atoms with E-state index >= 15 is 0 Å². The zero-order valence-corrected chi connectivity index (χ0v) is 20.8. The number of hydrogen-bond donors (Lipinski definition) is 2. The molecule has 2 amide bonds. The summed E-state index contributed by atoms with van der Waals surface area (Å²) < 4.78 is -1.31. The number of benzene rings is 2. The first-order valence-electron chi connectivity index (χ1n) is 10.2. The van der Waals surface area contributed by atoms with Gasteiger partial charge in [-0.1, -0.05) is 34.8 Å². The monoisotopic (exact) mass is 543 g/mol. The number of carbonyl (C=O) groups excluding carboxylic acids is 2. The normalized spacial score (nSPS) is 25.2. The highest BCUT2D eigenvalue weighted by Gasteiger charge is 2.67. The molecule has 0 spiro atoms. The van der Waals surface area contributed by atoms with Crippen LogP contribution < -0.4 is 10.6 Å². The summed E-state index contributed by atoms with van der Waals surface area (Å²) in [5, 5.41) is 15.8. The predicted molar refractivity (Wildman–Crippen MR) is 131 cm³/mol. The Morgan fingerprint density at radius 3 is 2.36 bits per heavy atom. The molecule has 2 aliphatic carbocycles. The summed E-state index contributed by atoms with van der Waals surface area (Å²) in [6.45, 7) is 0. The van der Waals surface area contributed by atoms with Crippen LogP contribution in [0.5, 0.6) is 0 Å². The van der Waals surface area contributed by atoms with Gasteiger partial charge in [0.25, 0.3) is 5.91 Å². The minimum absolute atomic E-state index is 0.0522. The summed E-state index contributed by atoms with van der Waals surface area (Å²) in [7, 11) is 0. The Morgan fingerprint density at radius 1 is 1.03 bits per heavy atom. The van der Waals surface area contributed by atoms with E-state index < -0.39 is 22.1 Å². The van der Waals surface area contributed by atoms with Crippen LogP contribution in [0.2, 0.25) is 15.1 Å². The smallest absolute Gasteiger partial charge is 0.253 e. The molecule has 0 bridgehead atoms. The van der Waals surface area contributed by atoms with Crippen LogP contribution in [0.1, 0.15) is 41.1 Å². The van der Waals surface area contributed by atoms with Crippen molar-refractivity contribution >= 4 is 75.5 Å². The number of amides is 2. The lowest BCUT2D eigenvalue weighted by molar-refractivity contribution is -0.117. The van der Waals surface area contributed by atoms with Gasteiger partial charge in [0.15, 0.2) is 0 Å². The summed E-state index contributed by atoms with van der Waals surface area (Å²) in [6.07, 6.45) is 2.10. The van der Waals surface area contributed by atoms with Crippen molar-refractivity contribution in [3.63, 3.8) is 0 Å². The van der Waals surface area contributed by atoms with Crippen LogP contribution >= 0.6 is 58.0 Å². The van der Waals surface area contributed by atoms with Crippen LogP contribution in [0, 0.1) is 23.2 Å². The third-order valence-electron chi connectivity index (χ3n) is 6.01. The maximum absolute atomic E-state index is 12.9. The van der Waals surface area contributed by atoms with Gasteiger partial charge < -0.3 is 10.6 Å². The number of alkyl halides is 2. The zero-order chi connectivity index (χ0) is 23.9. The van der Waals surface area contributed by atoms with Crippen LogP contribution in [0.4, 0.5) is 5.69 Å². The van der Waals surface area contributed by atoms with Crippen LogP contribution in [0.15, 0.2) is 36.4 Å². The number of carbonyl (C=O) groups is 2. The van der Waals surface area contributed by atoms with Crippen molar-refractivity contribution in [2.75, 3.05) is 5.32 Å². The van der Waals surface area contributed by atoms with Crippen molar-refractivity contribution in [2.45, 2.75) is 35.6 Å². The number of nitrogens with one attached hydrogen (secondary N) is 2. The molecular weight excluding hydrogens is 528 g/mol. The predicted octanol–water partition coefficient (Wildman–Crippen LogP) is 6.59. The van der Waals surface area contributed by atoms with E-state index in [-0.39, 0.29) is 28.5 Å². The van der Waals surface area contributed by atoms with E-state index in [9.17, 15) is 9.59 Å². The lowest BCUT2D eigenvalue weighted by Gasteiger charge is -2.14. The van der Waals surface area contributed by atoms with E-state index in [1.54, 1.807) is 24.3 Å². The number of rotatable bonds is 5. The van der Waals surface area contributed by atoms with Crippen molar-refractivity contribution in [3.05, 3.63) is 62.6 Å². The van der Waals surface area contributed by atoms with Crippen molar-refractivity contribution in [3.8, 4) is 6.07 Å². The summed E-state index contributed by atoms with van der Waals surface area (Å²) in [5.41, 5.74) is 1.28. The number of halogens is 5. The van der Waals surface area contributed by atoms with E-state index in [2.05, 4.69) is 16.7 Å². The molecule has 33 heavy (non-hydrogen) atoms. The second kappa shape index (κ2) is 9.52. The van der Waals surface area contributed by atoms with E-state index in [1.807, 2.05) is 0 Å². The van der Waals surface area contributed by atoms with Gasteiger partial charge in [0, 0.05) is 33.6 Å². The van der Waals surface area contributed by atoms with E-state index in [0.29, 0.717) is 27.7 Å². The van der Waals surface area contributed by atoms with Crippen molar-refractivity contribution in [1.29, 1.82) is 5.26 Å². The highest BCUT2D eigenvalue weighted by Crippen LogP contribution is 2.65. The van der Waals surface area contributed by atoms with Crippen molar-refractivity contribution in [2.24, 2.45) is 11.8 Å². The molecule has 2 N–H and O–H groups in total. The summed E-state index contributed by atoms with van der Waals surface area (Å²) in [4.78, 5) is 25.7. The van der Waals surface area contributed by atoms with Gasteiger partial charge in [-0.2, -0.15) is 5.26 Å². The van der Waals surface area contributed by atoms with Gasteiger partial charge in [-0.3, -0.25) is 9.59 Å². The molecule has 0 aliphatic heterocycles. The maximum atomic E-state index is 12.9. The van der Waals surface area contributed by atoms with Crippen molar-refractivity contribution in [1.82, 2.24) is 5.32 Å². The Morgan fingerprint density at radius 2 is 1.73 bits per heavy atom. The molecule has 2 saturated carbocycles. The summed E-state index contributed by atoms with van der Waals surface area (Å²) >= 11 is 31.2. The summed E-state index contributed by atoms with van der Waals surface area (Å²) in [5.74, 6) is -2.03. The lowest BCUT2D eigenvalue weighted by Crippen LogP contribution is -2.33. The molecule has 2 fully saturated rings. The van der Waals surface area contributed by atoms with Crippen LogP contribution in [-0.2, 0) is 4.79 Å². The number of nitriles is 1. The molecule has 172 valence electrons. The lowest BCUT2D eigenvalue weighted by atomic mass is 10.1.